The molecule has 1 saturated carbocycles. The Hall–Kier alpha value is -1.95. The van der Waals surface area contributed by atoms with Gasteiger partial charge in [-0.1, -0.05) is 0 Å². The molecule has 0 radical (unpaired) electrons. The number of nitrogens with zero attached hydrogens (tertiary/aromatic N) is 4. The van der Waals surface area contributed by atoms with Gasteiger partial charge in [0.05, 0.1) is 5.39 Å². The summed E-state index contributed by atoms with van der Waals surface area (Å²) in [6.45, 7) is 3.41. The van der Waals surface area contributed by atoms with Gasteiger partial charge in [0, 0.05) is 43.0 Å². The Morgan fingerprint density at radius 2 is 1.76 bits per heavy atom. The Morgan fingerprint density at radius 1 is 1.12 bits per heavy atom. The van der Waals surface area contributed by atoms with Crippen LogP contribution in [0, 0.1) is 12.7 Å². The van der Waals surface area contributed by atoms with E-state index in [1.807, 2.05) is 6.20 Å². The van der Waals surface area contributed by atoms with Gasteiger partial charge < -0.3 is 9.47 Å². The smallest absolute Gasteiger partial charge is 0.194 e. The Morgan fingerprint density at radius 3 is 2.40 bits per heavy atom. The molecule has 1 aliphatic carbocycles. The van der Waals surface area contributed by atoms with Gasteiger partial charge in [-0.05, 0) is 45.7 Å². The molecule has 2 unspecified atom stereocenters. The van der Waals surface area contributed by atoms with Crippen molar-refractivity contribution in [2.75, 3.05) is 25.0 Å². The molecule has 0 N–H and O–H groups in total. The standard InChI is InChI=1S/C19H23FN4O/c1-11-8-24(12-3-4-12)18-15(17(11)25)7-16(20)19(21-18)23-9-13-5-6-14(10-23)22(13)2/h7-8,12-14H,3-6,9-10H2,1-2H3. The highest BCUT2D eigenvalue weighted by molar-refractivity contribution is 5.78. The molecule has 2 bridgehead atoms. The average Bonchev–Trinajstić information content (AvgIpc) is 3.40. The summed E-state index contributed by atoms with van der Waals surface area (Å²) in [5.41, 5.74) is 1.19. The minimum atomic E-state index is -0.374. The summed E-state index contributed by atoms with van der Waals surface area (Å²) in [7, 11) is 2.16. The second-order valence-electron chi connectivity index (χ2n) is 7.90. The number of aromatic nitrogens is 2. The number of fused-ring (bicyclic) bond motifs is 3. The fourth-order valence-corrected chi connectivity index (χ4v) is 4.51. The summed E-state index contributed by atoms with van der Waals surface area (Å²) in [6.07, 6.45) is 6.43. The van der Waals surface area contributed by atoms with E-state index in [9.17, 15) is 9.18 Å². The molecule has 3 fully saturated rings. The molecule has 0 amide bonds. The highest BCUT2D eigenvalue weighted by Crippen LogP contribution is 2.37. The van der Waals surface area contributed by atoms with Gasteiger partial charge in [-0.3, -0.25) is 9.69 Å². The number of pyridine rings is 2. The summed E-state index contributed by atoms with van der Waals surface area (Å²) in [5.74, 6) is 0.0386. The van der Waals surface area contributed by atoms with Crippen molar-refractivity contribution >= 4 is 16.9 Å². The van der Waals surface area contributed by atoms with Crippen LogP contribution in [0.1, 0.15) is 37.3 Å². The minimum absolute atomic E-state index is 0.108. The van der Waals surface area contributed by atoms with Gasteiger partial charge >= 0.3 is 0 Å². The molecule has 4 heterocycles. The van der Waals surface area contributed by atoms with Crippen molar-refractivity contribution in [3.63, 3.8) is 0 Å². The number of piperazine rings is 1. The van der Waals surface area contributed by atoms with Gasteiger partial charge in [-0.2, -0.15) is 0 Å². The normalized spacial score (nSPS) is 26.6. The molecule has 2 aromatic heterocycles. The van der Waals surface area contributed by atoms with E-state index in [4.69, 9.17) is 0 Å². The maximum absolute atomic E-state index is 14.9. The third-order valence-corrected chi connectivity index (χ3v) is 6.20. The highest BCUT2D eigenvalue weighted by Gasteiger charge is 2.38. The third kappa shape index (κ3) is 2.30. The average molecular weight is 342 g/mol. The lowest BCUT2D eigenvalue weighted by atomic mass is 10.1. The van der Waals surface area contributed by atoms with Gasteiger partial charge in [0.2, 0.25) is 0 Å². The van der Waals surface area contributed by atoms with Crippen LogP contribution in [0.15, 0.2) is 17.1 Å². The number of rotatable bonds is 2. The van der Waals surface area contributed by atoms with Gasteiger partial charge in [-0.25, -0.2) is 9.37 Å². The molecule has 25 heavy (non-hydrogen) atoms. The number of halogens is 1. The molecular weight excluding hydrogens is 319 g/mol. The van der Waals surface area contributed by atoms with Gasteiger partial charge in [0.1, 0.15) is 5.65 Å². The van der Waals surface area contributed by atoms with Crippen LogP contribution in [0.25, 0.3) is 11.0 Å². The quantitative estimate of drug-likeness (QED) is 0.841. The Balaban J connectivity index is 1.65. The van der Waals surface area contributed by atoms with Crippen LogP contribution in [-0.4, -0.2) is 46.7 Å². The number of anilines is 1. The summed E-state index contributed by atoms with van der Waals surface area (Å²) in [5, 5.41) is 0.408. The van der Waals surface area contributed by atoms with Crippen LogP contribution in [0.4, 0.5) is 10.2 Å². The van der Waals surface area contributed by atoms with Gasteiger partial charge in [-0.15, -0.1) is 0 Å². The Labute approximate surface area is 146 Å². The molecule has 6 heteroatoms. The fraction of sp³-hybridized carbons (Fsp3) is 0.579. The summed E-state index contributed by atoms with van der Waals surface area (Å²) >= 11 is 0. The van der Waals surface area contributed by atoms with E-state index in [1.54, 1.807) is 6.92 Å². The maximum Gasteiger partial charge on any atom is 0.194 e. The van der Waals surface area contributed by atoms with Crippen LogP contribution in [-0.2, 0) is 0 Å². The third-order valence-electron chi connectivity index (χ3n) is 6.20. The van der Waals surface area contributed by atoms with Crippen molar-refractivity contribution in [1.82, 2.24) is 14.5 Å². The second kappa shape index (κ2) is 5.27. The van der Waals surface area contributed by atoms with Crippen LogP contribution in [0.2, 0.25) is 0 Å². The maximum atomic E-state index is 14.9. The lowest BCUT2D eigenvalue weighted by Gasteiger charge is -2.39. The van der Waals surface area contributed by atoms with E-state index in [0.717, 1.165) is 25.9 Å². The molecule has 0 spiro atoms. The number of likely N-dealkylation sites (N-methyl/N-ethyl adjacent to an activating group) is 1. The van der Waals surface area contributed by atoms with Crippen molar-refractivity contribution in [2.45, 2.75) is 50.7 Å². The molecule has 2 atom stereocenters. The first kappa shape index (κ1) is 15.3. The van der Waals surface area contributed by atoms with Crippen LogP contribution in [0.5, 0.6) is 0 Å². The zero-order chi connectivity index (χ0) is 17.3. The Kier molecular flexibility index (Phi) is 3.23. The first-order chi connectivity index (χ1) is 12.0. The van der Waals surface area contributed by atoms with E-state index in [1.165, 1.54) is 18.9 Å². The zero-order valence-corrected chi connectivity index (χ0v) is 14.7. The molecule has 5 rings (SSSR count). The summed E-state index contributed by atoms with van der Waals surface area (Å²) in [6, 6.07) is 2.75. The minimum Gasteiger partial charge on any atom is -0.351 e. The molecule has 5 nitrogen and oxygen atoms in total. The van der Waals surface area contributed by atoms with Gasteiger partial charge in [0.15, 0.2) is 17.1 Å². The summed E-state index contributed by atoms with van der Waals surface area (Å²) < 4.78 is 17.0. The lowest BCUT2D eigenvalue weighted by Crippen LogP contribution is -2.52. The largest absolute Gasteiger partial charge is 0.351 e. The zero-order valence-electron chi connectivity index (χ0n) is 14.7. The fourth-order valence-electron chi connectivity index (χ4n) is 4.51. The molecular formula is C19H23FN4O. The number of hydrogen-bond donors (Lipinski definition) is 0. The van der Waals surface area contributed by atoms with Crippen molar-refractivity contribution in [2.24, 2.45) is 0 Å². The van der Waals surface area contributed by atoms with Crippen molar-refractivity contribution in [3.05, 3.63) is 33.9 Å². The highest BCUT2D eigenvalue weighted by atomic mass is 19.1. The van der Waals surface area contributed by atoms with E-state index in [-0.39, 0.29) is 11.2 Å². The lowest BCUT2D eigenvalue weighted by molar-refractivity contribution is 0.211. The van der Waals surface area contributed by atoms with Crippen molar-refractivity contribution in [3.8, 4) is 0 Å². The van der Waals surface area contributed by atoms with Crippen LogP contribution in [0.3, 0.4) is 0 Å². The predicted molar refractivity (Wildman–Crippen MR) is 95.8 cm³/mol. The number of hydrogen-bond acceptors (Lipinski definition) is 4. The molecule has 0 aromatic carbocycles. The van der Waals surface area contributed by atoms with E-state index >= 15 is 0 Å². The van der Waals surface area contributed by atoms with E-state index in [0.29, 0.717) is 40.5 Å². The second-order valence-corrected chi connectivity index (χ2v) is 7.90. The topological polar surface area (TPSA) is 41.4 Å². The van der Waals surface area contributed by atoms with Gasteiger partial charge in [0.25, 0.3) is 0 Å². The molecule has 2 aliphatic heterocycles. The van der Waals surface area contributed by atoms with Crippen LogP contribution < -0.4 is 10.3 Å². The Bertz CT molecular complexity index is 906. The molecule has 2 aromatic rings. The first-order valence-corrected chi connectivity index (χ1v) is 9.22. The molecule has 132 valence electrons. The monoisotopic (exact) mass is 342 g/mol. The summed E-state index contributed by atoms with van der Waals surface area (Å²) in [4.78, 5) is 21.7. The predicted octanol–water partition coefficient (Wildman–Crippen LogP) is 2.46. The SMILES string of the molecule is Cc1cn(C2CC2)c2nc(N3CC4CCC(C3)N4C)c(F)cc2c1=O. The van der Waals surface area contributed by atoms with E-state index in [2.05, 4.69) is 26.4 Å². The van der Waals surface area contributed by atoms with Crippen molar-refractivity contribution < 1.29 is 4.39 Å². The van der Waals surface area contributed by atoms with Crippen molar-refractivity contribution in [1.29, 1.82) is 0 Å². The first-order valence-electron chi connectivity index (χ1n) is 9.22. The van der Waals surface area contributed by atoms with E-state index < -0.39 is 0 Å². The molecule has 2 saturated heterocycles. The molecule has 3 aliphatic rings. The van der Waals surface area contributed by atoms with Crippen LogP contribution >= 0.6 is 0 Å². The number of aryl methyl sites for hydroxylation is 1.